The lowest BCUT2D eigenvalue weighted by atomic mass is 9.52. The molecular formula is C114H142N14O13. The van der Waals surface area contributed by atoms with Crippen LogP contribution in [0.5, 0.6) is 0 Å². The lowest BCUT2D eigenvalue weighted by Gasteiger charge is -2.54. The minimum absolute atomic E-state index is 0.0195. The highest BCUT2D eigenvalue weighted by Gasteiger charge is 2.64. The van der Waals surface area contributed by atoms with Crippen molar-refractivity contribution in [2.45, 2.75) is 276 Å². The van der Waals surface area contributed by atoms with Crippen LogP contribution in [0.2, 0.25) is 0 Å². The number of aliphatic hydroxyl groups excluding tert-OH is 1. The van der Waals surface area contributed by atoms with Gasteiger partial charge in [-0.1, -0.05) is 119 Å². The Morgan fingerprint density at radius 3 is 1.19 bits per heavy atom. The van der Waals surface area contributed by atoms with Gasteiger partial charge >= 0.3 is 0 Å². The number of aromatic nitrogens is 14. The van der Waals surface area contributed by atoms with Gasteiger partial charge in [-0.05, 0) is 212 Å². The number of aryl methyl sites for hydroxylation is 4. The average Bonchev–Trinajstić information content (AvgIpc) is 1.62. The zero-order valence-electron chi connectivity index (χ0n) is 85.3. The highest BCUT2D eigenvalue weighted by molar-refractivity contribution is 6.12. The number of carbonyl (C=O) groups excluding carboxylic acids is 5. The first kappa shape index (κ1) is 97.9. The maximum atomic E-state index is 13.3. The van der Waals surface area contributed by atoms with E-state index in [4.69, 9.17) is 53.3 Å². The zero-order valence-corrected chi connectivity index (χ0v) is 85.3. The van der Waals surface area contributed by atoms with Crippen molar-refractivity contribution in [3.05, 3.63) is 202 Å². The fraction of sp³-hybridized carbons (Fsp3) is 0.588. The Morgan fingerprint density at radius 2 is 0.766 bits per heavy atom. The van der Waals surface area contributed by atoms with Crippen molar-refractivity contribution in [3.8, 4) is 45.6 Å². The minimum Gasteiger partial charge on any atom is -0.515 e. The maximum absolute atomic E-state index is 13.3. The van der Waals surface area contributed by atoms with Crippen LogP contribution in [0.4, 0.5) is 0 Å². The smallest absolute Gasteiger partial charge is 0.191 e. The standard InChI is InChI=1S/C21H27N3O2.C20H22N4O.C20H23N3O2.C20H25NO4.C19H23N3O.C14H22O3/c1-14-16-8-7-15-18(17-6-4-5-11-22-17)24(3)23-19(15)20(16,2)9-10-21(14)25-12-13-26-21;1-12-15-8-7-14-17(16-6-4-5-9-21-16)24(3)23-19(14)20(15,2)10-13-11-22-25-18(12)13;1-12-15-8-7-14-17(16-6-4-5-9-21-16)23(3)22-19(14)20(15,2)10-13(11-24)18(12)25;1-13-15-7-6-14(17(22)16-5-3-4-10-21-16)18(23)19(15,2)8-9-20(13)24-11-12-25-20;1-12-14-8-7-13-17(15-6-4-5-11-20-15)22(3)21-18(13)19(14,2)10-9-16(12)23;1-10-11-4-3-5-12(15)13(11,2)6-7-14(10)16-8-9-17-14/h4-6,11,14,16H,7-10,12-13H2,1-3H3;4-6,9,11-12,15H,7-8,10H2,1-3H3;4-6,9,11-12,15,24H,7-8,10H2,1-3H3;3-5,10,13-15H,6-9,11-12H2,1-2H3;4-6,11-12,14H,7-10H2,1-3H3;10-11H,3-9H2,1-2H3/b;;13-11-;;;/t14-,16-,20-;2*12-,15-,20-;13-,14?,15-,19-;12-,14-,19-;10-,11-,13-/m000000/s1. The van der Waals surface area contributed by atoms with Crippen LogP contribution in [0.25, 0.3) is 45.6 Å². The van der Waals surface area contributed by atoms with Gasteiger partial charge in [0.1, 0.15) is 28.8 Å². The fourth-order valence-electron chi connectivity index (χ4n) is 30.4. The van der Waals surface area contributed by atoms with Crippen LogP contribution in [0, 0.1) is 81.8 Å². The predicted octanol–water partition coefficient (Wildman–Crippen LogP) is 19.4. The van der Waals surface area contributed by atoms with Crippen LogP contribution in [0.15, 0.2) is 145 Å². The first-order valence-electron chi connectivity index (χ1n) is 52.3. The van der Waals surface area contributed by atoms with Crippen molar-refractivity contribution in [3.63, 3.8) is 0 Å². The molecule has 15 aliphatic rings. The second kappa shape index (κ2) is 37.9. The number of fused-ring (bicyclic) bond motifs is 15. The number of carbonyl (C=O) groups is 5. The molecule has 12 aliphatic carbocycles. The molecule has 27 heteroatoms. The number of hydrogen-bond acceptors (Lipinski definition) is 23. The summed E-state index contributed by atoms with van der Waals surface area (Å²) >= 11 is 0. The van der Waals surface area contributed by atoms with Crippen molar-refractivity contribution in [2.24, 2.45) is 110 Å². The van der Waals surface area contributed by atoms with Gasteiger partial charge < -0.3 is 38.1 Å². The summed E-state index contributed by atoms with van der Waals surface area (Å²) in [6, 6.07) is 29.4. The van der Waals surface area contributed by atoms with E-state index in [1.165, 1.54) is 56.3 Å². The molecule has 10 aromatic heterocycles. The Balaban J connectivity index is 0.000000104. The summed E-state index contributed by atoms with van der Waals surface area (Å²) in [5.41, 5.74) is 20.1. The minimum atomic E-state index is -0.567. The monoisotopic (exact) mass is 1920 g/mol. The molecule has 0 radical (unpaired) electrons. The van der Waals surface area contributed by atoms with Gasteiger partial charge in [-0.25, -0.2) is 0 Å². The van der Waals surface area contributed by atoms with Crippen LogP contribution >= 0.6 is 0 Å². The van der Waals surface area contributed by atoms with Gasteiger partial charge in [0.25, 0.3) is 0 Å². The van der Waals surface area contributed by atoms with Crippen molar-refractivity contribution in [1.82, 2.24) is 69.2 Å². The lowest BCUT2D eigenvalue weighted by molar-refractivity contribution is -0.243. The third-order valence-corrected chi connectivity index (χ3v) is 38.0. The van der Waals surface area contributed by atoms with E-state index in [-0.39, 0.29) is 85.6 Å². The van der Waals surface area contributed by atoms with Crippen molar-refractivity contribution in [2.75, 3.05) is 39.6 Å². The van der Waals surface area contributed by atoms with Crippen LogP contribution < -0.4 is 0 Å². The zero-order chi connectivity index (χ0) is 98.8. The van der Waals surface area contributed by atoms with Gasteiger partial charge in [-0.3, -0.25) is 67.6 Å². The molecule has 3 aliphatic heterocycles. The van der Waals surface area contributed by atoms with E-state index in [9.17, 15) is 29.1 Å². The third-order valence-electron chi connectivity index (χ3n) is 38.0. The van der Waals surface area contributed by atoms with E-state index < -0.39 is 17.1 Å². The first-order valence-corrected chi connectivity index (χ1v) is 52.3. The quantitative estimate of drug-likeness (QED) is 0.0699. The Hall–Kier alpha value is -10.5. The number of ketones is 5. The van der Waals surface area contributed by atoms with E-state index in [2.05, 4.69) is 131 Å². The molecule has 3 spiro atoms. The Morgan fingerprint density at radius 1 is 0.390 bits per heavy atom. The summed E-state index contributed by atoms with van der Waals surface area (Å²) in [5.74, 6) is 3.87. The number of Topliss-reactive ketones (excluding diaryl/α,β-unsaturated/α-hetero) is 5. The van der Waals surface area contributed by atoms with Crippen LogP contribution in [-0.2, 0) is 130 Å². The molecule has 10 aromatic rings. The highest BCUT2D eigenvalue weighted by atomic mass is 16.7. The Labute approximate surface area is 828 Å². The van der Waals surface area contributed by atoms with Gasteiger partial charge in [0.15, 0.2) is 28.9 Å². The summed E-state index contributed by atoms with van der Waals surface area (Å²) < 4.78 is 49.5. The molecule has 25 rings (SSSR count). The van der Waals surface area contributed by atoms with E-state index in [1.54, 1.807) is 30.6 Å². The Bertz CT molecular complexity index is 6350. The summed E-state index contributed by atoms with van der Waals surface area (Å²) in [4.78, 5) is 85.4. The molecule has 1 unspecified atom stereocenters. The molecule has 7 saturated carbocycles. The number of pyridine rings is 5. The van der Waals surface area contributed by atoms with Crippen LogP contribution in [0.3, 0.4) is 0 Å². The number of aliphatic hydroxyl groups is 1. The highest BCUT2D eigenvalue weighted by Crippen LogP contribution is 2.63. The molecule has 141 heavy (non-hydrogen) atoms. The van der Waals surface area contributed by atoms with Gasteiger partial charge in [-0.15, -0.1) is 0 Å². The largest absolute Gasteiger partial charge is 0.515 e. The van der Waals surface area contributed by atoms with Crippen LogP contribution in [-0.4, -0.2) is 160 Å². The van der Waals surface area contributed by atoms with E-state index in [0.29, 0.717) is 116 Å². The summed E-state index contributed by atoms with van der Waals surface area (Å²) in [6.45, 7) is 30.7. The molecule has 10 fully saturated rings. The van der Waals surface area contributed by atoms with Gasteiger partial charge in [0, 0.05) is 193 Å². The van der Waals surface area contributed by atoms with Crippen molar-refractivity contribution in [1.29, 1.82) is 0 Å². The molecule has 19 atom stereocenters. The summed E-state index contributed by atoms with van der Waals surface area (Å²) in [6.07, 6.45) is 33.0. The van der Waals surface area contributed by atoms with E-state index >= 15 is 0 Å². The van der Waals surface area contributed by atoms with Gasteiger partial charge in [-0.2, -0.15) is 20.4 Å². The normalized spacial score (nSPS) is 33.1. The molecule has 27 nitrogen and oxygen atoms in total. The molecule has 0 bridgehead atoms. The summed E-state index contributed by atoms with van der Waals surface area (Å²) in [7, 11) is 8.06. The molecule has 13 heterocycles. The first-order chi connectivity index (χ1) is 67.7. The lowest BCUT2D eigenvalue weighted by Crippen LogP contribution is -2.58. The number of nitrogens with zero attached hydrogens (tertiary/aromatic N) is 14. The molecule has 1 N–H and O–H groups in total. The molecule has 746 valence electrons. The molecular weight excluding hydrogens is 1770 g/mol. The molecule has 0 aromatic carbocycles. The number of hydrogen-bond donors (Lipinski definition) is 1. The van der Waals surface area contributed by atoms with Gasteiger partial charge in [0.05, 0.1) is 126 Å². The van der Waals surface area contributed by atoms with Crippen molar-refractivity contribution < 1.29 is 62.0 Å². The number of rotatable bonds is 6. The van der Waals surface area contributed by atoms with Crippen molar-refractivity contribution >= 4 is 28.9 Å². The Kier molecular flexibility index (Phi) is 26.3. The maximum Gasteiger partial charge on any atom is 0.191 e. The molecule has 0 amide bonds. The topological polar surface area (TPSA) is 323 Å². The SMILES string of the molecule is C[C@@H]1C(=O)/C(=C\O)C[C@]2(C)c3nn(C)c(-c4ccccn4)c3CC[C@@H]12.C[C@@H]1C(=O)CC[C@]2(C)c3nn(C)c(-c4ccccn4)c3CC[C@@H]12.C[C@@H]1c2oncc2C[C@]2(C)c3nn(C)c(-c4ccccn4)c3CC[C@@H]12.C[C@H]1[C@@H]2CCC(C(=O)c3ccccn3)C(=O)[C@@]2(C)CCC12OCCO2.C[C@H]1[C@@H]2CCCC(=O)[C@@]2(C)CCC12OCCO2.C[C@H]1[C@@H]2CCc3c(nn(C)c3-c3ccccn3)[C@@]2(C)CCC12OCCO2. The summed E-state index contributed by atoms with van der Waals surface area (Å²) in [5, 5.41) is 33.4. The van der Waals surface area contributed by atoms with E-state index in [1.807, 2.05) is 127 Å². The average molecular weight is 1920 g/mol. The second-order valence-electron chi connectivity index (χ2n) is 45.1. The predicted molar refractivity (Wildman–Crippen MR) is 531 cm³/mol. The number of allylic oxidation sites excluding steroid dienone is 1. The van der Waals surface area contributed by atoms with Crippen LogP contribution in [0.1, 0.15) is 271 Å². The van der Waals surface area contributed by atoms with E-state index in [0.717, 1.165) is 187 Å². The van der Waals surface area contributed by atoms with Gasteiger partial charge in [0.2, 0.25) is 0 Å². The second-order valence-corrected chi connectivity index (χ2v) is 45.1. The molecule has 3 saturated heterocycles. The number of ether oxygens (including phenoxy) is 6. The third kappa shape index (κ3) is 16.4. The fourth-order valence-corrected chi connectivity index (χ4v) is 30.4.